The van der Waals surface area contributed by atoms with E-state index in [0.717, 1.165) is 74.5 Å². The van der Waals surface area contributed by atoms with Crippen LogP contribution >= 0.6 is 11.6 Å². The summed E-state index contributed by atoms with van der Waals surface area (Å²) < 4.78 is 35.5. The summed E-state index contributed by atoms with van der Waals surface area (Å²) in [5, 5.41) is 0.771. The fraction of sp³-hybridized carbons (Fsp3) is 0.576. The predicted octanol–water partition coefficient (Wildman–Crippen LogP) is 5.17. The Labute approximate surface area is 254 Å². The van der Waals surface area contributed by atoms with Gasteiger partial charge in [0.15, 0.2) is 0 Å². The van der Waals surface area contributed by atoms with E-state index in [2.05, 4.69) is 27.6 Å². The first-order valence-corrected chi connectivity index (χ1v) is 17.7. The van der Waals surface area contributed by atoms with Crippen LogP contribution < -0.4 is 14.4 Å². The Morgan fingerprint density at radius 2 is 2.05 bits per heavy atom. The van der Waals surface area contributed by atoms with Gasteiger partial charge in [0.2, 0.25) is 0 Å². The van der Waals surface area contributed by atoms with Gasteiger partial charge in [-0.05, 0) is 105 Å². The Bertz CT molecular complexity index is 1480. The molecular weight excluding hydrogens is 572 g/mol. The summed E-state index contributed by atoms with van der Waals surface area (Å²) in [4.78, 5) is 15.9. The van der Waals surface area contributed by atoms with E-state index in [0.29, 0.717) is 30.6 Å². The van der Waals surface area contributed by atoms with Crippen LogP contribution in [0.2, 0.25) is 5.02 Å². The second-order valence-corrected chi connectivity index (χ2v) is 15.8. The standard InChI is InChI=1S/C33H41ClN2O5S/c1-21-18-42(2,38)35-32(37)23-6-10-30-29(15-23)36(17-24-5-8-27(24)31-16-26(41-21)11-13-39-31)19-33(20-40-30)12-3-4-22-14-25(34)7-9-28(22)33/h6-7,9-10,14-15,21,24,26-27,31H,2-5,8,11-13,16-20H2,1H3,(H,35,37,38)/t21-,24-,26+,27+,31+,33-,42?/m0/s1. The number of nitrogens with one attached hydrogen (secondary N) is 1. The molecule has 7 atom stereocenters. The Hall–Kier alpha value is -2.26. The first kappa shape index (κ1) is 28.5. The number of nitrogens with zero attached hydrogens (tertiary/aromatic N) is 1. The summed E-state index contributed by atoms with van der Waals surface area (Å²) in [7, 11) is -2.91. The zero-order valence-electron chi connectivity index (χ0n) is 24.3. The van der Waals surface area contributed by atoms with Crippen molar-refractivity contribution < 1.29 is 23.2 Å². The van der Waals surface area contributed by atoms with Crippen LogP contribution in [0.5, 0.6) is 5.75 Å². The molecule has 9 heteroatoms. The minimum atomic E-state index is -2.91. The third kappa shape index (κ3) is 5.44. The molecular formula is C33H41ClN2O5S. The lowest BCUT2D eigenvalue weighted by Crippen LogP contribution is -2.51. The number of rotatable bonds is 0. The summed E-state index contributed by atoms with van der Waals surface area (Å²) in [6.07, 6.45) is 7.03. The maximum Gasteiger partial charge on any atom is 0.262 e. The summed E-state index contributed by atoms with van der Waals surface area (Å²) in [5.41, 5.74) is 3.82. The van der Waals surface area contributed by atoms with E-state index in [9.17, 15) is 9.00 Å². The summed E-state index contributed by atoms with van der Waals surface area (Å²) >= 11 is 6.42. The lowest BCUT2D eigenvalue weighted by Gasteiger charge is -2.48. The van der Waals surface area contributed by atoms with Crippen LogP contribution in [0, 0.1) is 11.8 Å². The Balaban J connectivity index is 1.29. The predicted molar refractivity (Wildman–Crippen MR) is 167 cm³/mol. The molecule has 0 radical (unpaired) electrons. The van der Waals surface area contributed by atoms with Crippen LogP contribution in [0.4, 0.5) is 5.69 Å². The van der Waals surface area contributed by atoms with Crippen LogP contribution in [0.15, 0.2) is 36.4 Å². The van der Waals surface area contributed by atoms with Gasteiger partial charge >= 0.3 is 0 Å². The number of ether oxygens (including phenoxy) is 3. The quantitative estimate of drug-likeness (QED) is 0.414. The molecule has 2 aromatic carbocycles. The van der Waals surface area contributed by atoms with Crippen molar-refractivity contribution in [2.24, 2.45) is 11.8 Å². The Morgan fingerprint density at radius 3 is 2.88 bits per heavy atom. The van der Waals surface area contributed by atoms with Crippen molar-refractivity contribution in [1.29, 1.82) is 0 Å². The first-order chi connectivity index (χ1) is 20.2. The fourth-order valence-electron chi connectivity index (χ4n) is 8.08. The molecule has 2 aliphatic carbocycles. The molecule has 5 aliphatic rings. The van der Waals surface area contributed by atoms with Crippen LogP contribution in [0.3, 0.4) is 0 Å². The van der Waals surface area contributed by atoms with E-state index in [-0.39, 0.29) is 35.4 Å². The van der Waals surface area contributed by atoms with Crippen molar-refractivity contribution in [2.75, 3.05) is 37.0 Å². The molecule has 226 valence electrons. The van der Waals surface area contributed by atoms with Crippen molar-refractivity contribution in [3.63, 3.8) is 0 Å². The van der Waals surface area contributed by atoms with Gasteiger partial charge in [-0.2, -0.15) is 0 Å². The number of carbonyl (C=O) groups is 1. The second-order valence-electron chi connectivity index (χ2n) is 13.2. The number of carbonyl (C=O) groups excluding carboxylic acids is 1. The number of anilines is 1. The molecule has 1 unspecified atom stereocenters. The Morgan fingerprint density at radius 1 is 1.17 bits per heavy atom. The maximum atomic E-state index is 13.4. The van der Waals surface area contributed by atoms with Gasteiger partial charge in [0, 0.05) is 42.1 Å². The minimum absolute atomic E-state index is 0.0542. The number of hydrogen-bond donors (Lipinski definition) is 1. The second kappa shape index (κ2) is 11.0. The topological polar surface area (TPSA) is 77.1 Å². The molecule has 42 heavy (non-hydrogen) atoms. The highest BCUT2D eigenvalue weighted by Crippen LogP contribution is 2.47. The first-order valence-electron chi connectivity index (χ1n) is 15.4. The molecule has 1 spiro atoms. The van der Waals surface area contributed by atoms with Gasteiger partial charge in [-0.1, -0.05) is 17.7 Å². The third-order valence-corrected chi connectivity index (χ3v) is 12.0. The largest absolute Gasteiger partial charge is 0.490 e. The molecule has 4 bridgehead atoms. The zero-order valence-corrected chi connectivity index (χ0v) is 25.9. The molecule has 1 saturated heterocycles. The Kier molecular flexibility index (Phi) is 7.48. The number of fused-ring (bicyclic) bond motifs is 7. The lowest BCUT2D eigenvalue weighted by atomic mass is 9.67. The molecule has 2 aromatic rings. The third-order valence-electron chi connectivity index (χ3n) is 10.2. The van der Waals surface area contributed by atoms with Crippen LogP contribution in [0.25, 0.3) is 0 Å². The number of aryl methyl sites for hydroxylation is 1. The number of benzene rings is 2. The summed E-state index contributed by atoms with van der Waals surface area (Å²) in [6, 6.07) is 11.9. The summed E-state index contributed by atoms with van der Waals surface area (Å²) in [6.45, 7) is 4.82. The van der Waals surface area contributed by atoms with Crippen LogP contribution in [-0.4, -0.2) is 66.4 Å². The van der Waals surface area contributed by atoms with Crippen molar-refractivity contribution >= 4 is 38.8 Å². The highest BCUT2D eigenvalue weighted by Gasteiger charge is 2.45. The van der Waals surface area contributed by atoms with Crippen molar-refractivity contribution in [1.82, 2.24) is 4.72 Å². The van der Waals surface area contributed by atoms with E-state index >= 15 is 0 Å². The highest BCUT2D eigenvalue weighted by molar-refractivity contribution is 7.99. The SMILES string of the molecule is C=S1(=O)C[C@H](C)O[C@@H]2CCO[C@H](C2)[C@@H]2CC[C@H]2CN2C[C@@]3(CCCc4cc(Cl)ccc43)COc3ccc(cc32)C(=O)N1. The molecule has 1 N–H and O–H groups in total. The van der Waals surface area contributed by atoms with Crippen LogP contribution in [0.1, 0.15) is 66.9 Å². The lowest BCUT2D eigenvalue weighted by molar-refractivity contribution is -0.126. The fourth-order valence-corrected chi connectivity index (χ4v) is 9.65. The van der Waals surface area contributed by atoms with E-state index in [1.165, 1.54) is 11.1 Å². The number of hydrogen-bond acceptors (Lipinski definition) is 6. The van der Waals surface area contributed by atoms with Gasteiger partial charge in [0.05, 0.1) is 46.1 Å². The van der Waals surface area contributed by atoms with Gasteiger partial charge in [-0.3, -0.25) is 9.52 Å². The molecule has 1 amide bonds. The molecule has 1 saturated carbocycles. The van der Waals surface area contributed by atoms with Crippen LogP contribution in [-0.2, 0) is 31.0 Å². The van der Waals surface area contributed by atoms with E-state index in [4.69, 9.17) is 25.8 Å². The van der Waals surface area contributed by atoms with E-state index < -0.39 is 9.71 Å². The average Bonchev–Trinajstić information content (AvgIpc) is 3.07. The maximum absolute atomic E-state index is 13.4. The van der Waals surface area contributed by atoms with Gasteiger partial charge < -0.3 is 19.1 Å². The molecule has 0 aromatic heterocycles. The van der Waals surface area contributed by atoms with Gasteiger partial charge in [-0.25, -0.2) is 4.21 Å². The van der Waals surface area contributed by atoms with Crippen molar-refractivity contribution in [3.8, 4) is 5.75 Å². The highest BCUT2D eigenvalue weighted by atomic mass is 35.5. The molecule has 2 fully saturated rings. The molecule has 7 rings (SSSR count). The summed E-state index contributed by atoms with van der Waals surface area (Å²) in [5.74, 6) is 5.39. The molecule has 7 nitrogen and oxygen atoms in total. The van der Waals surface area contributed by atoms with Gasteiger partial charge in [-0.15, -0.1) is 0 Å². The smallest absolute Gasteiger partial charge is 0.262 e. The zero-order chi connectivity index (χ0) is 29.1. The van der Waals surface area contributed by atoms with Crippen molar-refractivity contribution in [2.45, 2.75) is 75.6 Å². The van der Waals surface area contributed by atoms with Gasteiger partial charge in [0.25, 0.3) is 5.91 Å². The van der Waals surface area contributed by atoms with E-state index in [1.807, 2.05) is 25.1 Å². The molecule has 3 heterocycles. The minimum Gasteiger partial charge on any atom is -0.490 e. The van der Waals surface area contributed by atoms with Crippen molar-refractivity contribution in [3.05, 3.63) is 58.1 Å². The monoisotopic (exact) mass is 612 g/mol. The number of amides is 1. The van der Waals surface area contributed by atoms with Gasteiger partial charge in [0.1, 0.15) is 5.75 Å². The normalized spacial score (nSPS) is 36.5. The molecule has 3 aliphatic heterocycles. The number of halogens is 1. The van der Waals surface area contributed by atoms with E-state index in [1.54, 1.807) is 6.07 Å². The average molecular weight is 613 g/mol.